The zero-order chi connectivity index (χ0) is 16.9. The van der Waals surface area contributed by atoms with Crippen molar-refractivity contribution >= 4 is 40.1 Å². The van der Waals surface area contributed by atoms with Crippen LogP contribution >= 0.6 is 11.6 Å². The third kappa shape index (κ3) is 3.22. The molecule has 0 atom stereocenters. The number of pyridine rings is 1. The summed E-state index contributed by atoms with van der Waals surface area (Å²) in [5.74, 6) is 0. The first kappa shape index (κ1) is 15.6. The molecule has 3 aromatic rings. The van der Waals surface area contributed by atoms with Gasteiger partial charge in [-0.1, -0.05) is 41.0 Å². The summed E-state index contributed by atoms with van der Waals surface area (Å²) < 4.78 is 0. The van der Waals surface area contributed by atoms with Crippen LogP contribution < -0.4 is 11.0 Å². The van der Waals surface area contributed by atoms with Gasteiger partial charge in [0.25, 0.3) is 5.56 Å². The van der Waals surface area contributed by atoms with Crippen LogP contribution in [0, 0.1) is 0 Å². The normalized spacial score (nSPS) is 10.7. The molecule has 1 aromatic heterocycles. The highest BCUT2D eigenvalue weighted by atomic mass is 35.5. The highest BCUT2D eigenvalue weighted by Gasteiger charge is 2.09. The molecular formula is C16H11ClN6O. The summed E-state index contributed by atoms with van der Waals surface area (Å²) in [6, 6.07) is 14.1. The summed E-state index contributed by atoms with van der Waals surface area (Å²) in [7, 11) is 0. The number of benzene rings is 2. The molecule has 7 nitrogen and oxygen atoms in total. The Hall–Kier alpha value is -3.28. The highest BCUT2D eigenvalue weighted by Crippen LogP contribution is 2.25. The fourth-order valence-electron chi connectivity index (χ4n) is 2.24. The Morgan fingerprint density at radius 3 is 2.83 bits per heavy atom. The predicted octanol–water partition coefficient (Wildman–Crippen LogP) is 4.57. The van der Waals surface area contributed by atoms with Crippen molar-refractivity contribution < 1.29 is 0 Å². The van der Waals surface area contributed by atoms with Crippen LogP contribution in [-0.2, 0) is 0 Å². The van der Waals surface area contributed by atoms with Crippen molar-refractivity contribution in [1.29, 1.82) is 0 Å². The first-order valence-corrected chi connectivity index (χ1v) is 7.31. The Labute approximate surface area is 141 Å². The summed E-state index contributed by atoms with van der Waals surface area (Å²) in [5.41, 5.74) is 12.8. The lowest BCUT2D eigenvalue weighted by Gasteiger charge is -2.05. The zero-order valence-electron chi connectivity index (χ0n) is 12.3. The first-order chi connectivity index (χ1) is 11.7. The minimum Gasteiger partial charge on any atom is -0.321 e. The van der Waals surface area contributed by atoms with E-state index >= 15 is 0 Å². The van der Waals surface area contributed by atoms with Gasteiger partial charge in [-0.15, -0.1) is 0 Å². The van der Waals surface area contributed by atoms with E-state index in [0.29, 0.717) is 21.6 Å². The van der Waals surface area contributed by atoms with E-state index in [1.165, 1.54) is 6.21 Å². The molecule has 0 bridgehead atoms. The monoisotopic (exact) mass is 338 g/mol. The largest absolute Gasteiger partial charge is 0.321 e. The standard InChI is InChI=1S/C16H11ClN6O/c17-10-4-3-5-11(8-10)21-19-9-13-15(22-23-18)12-6-1-2-7-14(12)20-16(13)24/h1-9,21H,(H,20,24)/b19-9+. The molecular weight excluding hydrogens is 328 g/mol. The number of aromatic amines is 1. The van der Waals surface area contributed by atoms with Crippen molar-refractivity contribution in [3.8, 4) is 0 Å². The van der Waals surface area contributed by atoms with Gasteiger partial charge in [0, 0.05) is 20.8 Å². The van der Waals surface area contributed by atoms with E-state index in [4.69, 9.17) is 17.1 Å². The molecule has 0 aliphatic heterocycles. The number of anilines is 1. The van der Waals surface area contributed by atoms with Crippen LogP contribution in [0.25, 0.3) is 21.3 Å². The molecule has 0 unspecified atom stereocenters. The van der Waals surface area contributed by atoms with Crippen molar-refractivity contribution in [2.24, 2.45) is 10.2 Å². The second-order valence-corrected chi connectivity index (χ2v) is 5.27. The van der Waals surface area contributed by atoms with Gasteiger partial charge in [-0.25, -0.2) is 0 Å². The number of halogens is 1. The minimum atomic E-state index is -0.396. The van der Waals surface area contributed by atoms with Crippen molar-refractivity contribution in [2.45, 2.75) is 0 Å². The predicted molar refractivity (Wildman–Crippen MR) is 96.0 cm³/mol. The molecule has 0 saturated carbocycles. The smallest absolute Gasteiger partial charge is 0.257 e. The lowest BCUT2D eigenvalue weighted by molar-refractivity contribution is 1.27. The van der Waals surface area contributed by atoms with Gasteiger partial charge in [0.2, 0.25) is 0 Å². The molecule has 2 aromatic carbocycles. The fraction of sp³-hybridized carbons (Fsp3) is 0. The molecule has 0 saturated heterocycles. The van der Waals surface area contributed by atoms with Gasteiger partial charge >= 0.3 is 0 Å². The molecule has 2 N–H and O–H groups in total. The molecule has 0 spiro atoms. The number of fused-ring (bicyclic) bond motifs is 1. The van der Waals surface area contributed by atoms with E-state index in [1.54, 1.807) is 48.5 Å². The van der Waals surface area contributed by atoms with Gasteiger partial charge in [0.05, 0.1) is 23.2 Å². The van der Waals surface area contributed by atoms with E-state index in [2.05, 4.69) is 25.5 Å². The molecule has 0 aliphatic carbocycles. The molecule has 1 heterocycles. The second-order valence-electron chi connectivity index (χ2n) is 4.83. The van der Waals surface area contributed by atoms with Crippen LogP contribution in [0.3, 0.4) is 0 Å². The van der Waals surface area contributed by atoms with Crippen LogP contribution in [0.2, 0.25) is 5.02 Å². The minimum absolute atomic E-state index is 0.168. The molecule has 118 valence electrons. The Kier molecular flexibility index (Phi) is 4.47. The summed E-state index contributed by atoms with van der Waals surface area (Å²) in [4.78, 5) is 17.8. The lowest BCUT2D eigenvalue weighted by atomic mass is 10.1. The number of nitrogens with zero attached hydrogens (tertiary/aromatic N) is 4. The number of H-pyrrole nitrogens is 1. The van der Waals surface area contributed by atoms with Crippen LogP contribution in [0.4, 0.5) is 11.4 Å². The van der Waals surface area contributed by atoms with E-state index in [9.17, 15) is 4.79 Å². The Morgan fingerprint density at radius 1 is 1.21 bits per heavy atom. The average molecular weight is 339 g/mol. The van der Waals surface area contributed by atoms with Crippen molar-refractivity contribution in [3.05, 3.63) is 79.9 Å². The van der Waals surface area contributed by atoms with E-state index in [1.807, 2.05) is 0 Å². The SMILES string of the molecule is [N-]=[N+]=Nc1c(/C=N/Nc2cccc(Cl)c2)c(=O)[nH]c2ccccc12. The van der Waals surface area contributed by atoms with E-state index < -0.39 is 5.56 Å². The zero-order valence-corrected chi connectivity index (χ0v) is 13.0. The molecule has 3 rings (SSSR count). The first-order valence-electron chi connectivity index (χ1n) is 6.94. The van der Waals surface area contributed by atoms with Crippen LogP contribution in [0.15, 0.2) is 63.5 Å². The molecule has 24 heavy (non-hydrogen) atoms. The molecule has 0 fully saturated rings. The quantitative estimate of drug-likeness (QED) is 0.239. The number of aromatic nitrogens is 1. The van der Waals surface area contributed by atoms with Gasteiger partial charge in [-0.2, -0.15) is 5.10 Å². The van der Waals surface area contributed by atoms with Crippen LogP contribution in [0.5, 0.6) is 0 Å². The molecule has 8 heteroatoms. The van der Waals surface area contributed by atoms with Crippen LogP contribution in [-0.4, -0.2) is 11.2 Å². The number of rotatable bonds is 4. The summed E-state index contributed by atoms with van der Waals surface area (Å²) in [6.07, 6.45) is 1.32. The van der Waals surface area contributed by atoms with Gasteiger partial charge in [-0.05, 0) is 29.8 Å². The van der Waals surface area contributed by atoms with Crippen molar-refractivity contribution in [2.75, 3.05) is 5.43 Å². The number of hydrogen-bond donors (Lipinski definition) is 2. The van der Waals surface area contributed by atoms with Crippen LogP contribution in [0.1, 0.15) is 5.56 Å². The Bertz CT molecular complexity index is 1040. The summed E-state index contributed by atoms with van der Waals surface area (Å²) in [6.45, 7) is 0. The topological polar surface area (TPSA) is 106 Å². The van der Waals surface area contributed by atoms with Crippen molar-refractivity contribution in [1.82, 2.24) is 4.98 Å². The second kappa shape index (κ2) is 6.87. The van der Waals surface area contributed by atoms with Gasteiger partial charge in [0.15, 0.2) is 0 Å². The highest BCUT2D eigenvalue weighted by molar-refractivity contribution is 6.30. The third-order valence-corrected chi connectivity index (χ3v) is 3.52. The molecule has 0 amide bonds. The molecule has 0 radical (unpaired) electrons. The van der Waals surface area contributed by atoms with Crippen molar-refractivity contribution in [3.63, 3.8) is 0 Å². The number of hydrogen-bond acceptors (Lipinski definition) is 4. The number of azide groups is 1. The van der Waals surface area contributed by atoms with Gasteiger partial charge in [0.1, 0.15) is 0 Å². The van der Waals surface area contributed by atoms with E-state index in [0.717, 1.165) is 0 Å². The summed E-state index contributed by atoms with van der Waals surface area (Å²) >= 11 is 5.90. The average Bonchev–Trinajstić information content (AvgIpc) is 2.57. The Morgan fingerprint density at radius 2 is 2.04 bits per heavy atom. The summed E-state index contributed by atoms with van der Waals surface area (Å²) in [5, 5.41) is 8.88. The number of nitrogens with one attached hydrogen (secondary N) is 2. The number of hydrazone groups is 1. The van der Waals surface area contributed by atoms with Gasteiger partial charge < -0.3 is 4.98 Å². The number of para-hydroxylation sites is 1. The fourth-order valence-corrected chi connectivity index (χ4v) is 2.43. The maximum absolute atomic E-state index is 12.2. The maximum atomic E-state index is 12.2. The molecule has 0 aliphatic rings. The maximum Gasteiger partial charge on any atom is 0.257 e. The third-order valence-electron chi connectivity index (χ3n) is 3.29. The Balaban J connectivity index is 2.03. The lowest BCUT2D eigenvalue weighted by Crippen LogP contribution is -2.12. The van der Waals surface area contributed by atoms with Gasteiger partial charge in [-0.3, -0.25) is 10.2 Å². The van der Waals surface area contributed by atoms with E-state index in [-0.39, 0.29) is 11.3 Å².